The van der Waals surface area contributed by atoms with Crippen LogP contribution in [0.15, 0.2) is 47.5 Å². The van der Waals surface area contributed by atoms with E-state index in [1.54, 1.807) is 18.3 Å². The average Bonchev–Trinajstić information content (AvgIpc) is 2.93. The highest BCUT2D eigenvalue weighted by molar-refractivity contribution is 7.90. The molecule has 114 valence electrons. The number of benzene rings is 1. The number of amides is 1. The maximum absolute atomic E-state index is 11.9. The molecule has 6 heteroatoms. The Morgan fingerprint density at radius 1 is 1.18 bits per heavy atom. The van der Waals surface area contributed by atoms with E-state index in [4.69, 9.17) is 0 Å². The quantitative estimate of drug-likeness (QED) is 0.936. The lowest BCUT2D eigenvalue weighted by Gasteiger charge is -2.10. The van der Waals surface area contributed by atoms with Gasteiger partial charge in [0.2, 0.25) is 5.91 Å². The van der Waals surface area contributed by atoms with E-state index in [9.17, 15) is 13.2 Å². The van der Waals surface area contributed by atoms with E-state index >= 15 is 0 Å². The normalized spacial score (nSPS) is 18.2. The highest BCUT2D eigenvalue weighted by Gasteiger charge is 2.23. The lowest BCUT2D eigenvalue weighted by Crippen LogP contribution is -2.13. The predicted octanol–water partition coefficient (Wildman–Crippen LogP) is 1.76. The van der Waals surface area contributed by atoms with Gasteiger partial charge in [0.25, 0.3) is 0 Å². The average molecular weight is 316 g/mol. The van der Waals surface area contributed by atoms with Crippen LogP contribution in [-0.2, 0) is 14.6 Å². The summed E-state index contributed by atoms with van der Waals surface area (Å²) in [5, 5.41) is 2.81. The number of carbonyl (C=O) groups excluding carboxylic acids is 1. The fourth-order valence-corrected chi connectivity index (χ4v) is 3.51. The summed E-state index contributed by atoms with van der Waals surface area (Å²) in [6.07, 6.45) is 3.26. The maximum atomic E-state index is 11.9. The first-order valence-corrected chi connectivity index (χ1v) is 8.86. The first kappa shape index (κ1) is 14.7. The van der Waals surface area contributed by atoms with Crippen LogP contribution in [0, 0.1) is 0 Å². The molecule has 0 bridgehead atoms. The van der Waals surface area contributed by atoms with Gasteiger partial charge in [0.1, 0.15) is 0 Å². The van der Waals surface area contributed by atoms with Crippen molar-refractivity contribution >= 4 is 15.7 Å². The molecule has 0 spiro atoms. The molecule has 1 N–H and O–H groups in total. The Labute approximate surface area is 129 Å². The molecule has 3 rings (SSSR count). The molecule has 1 aliphatic heterocycles. The van der Waals surface area contributed by atoms with Gasteiger partial charge < -0.3 is 5.32 Å². The molecule has 1 unspecified atom stereocenters. The van der Waals surface area contributed by atoms with E-state index in [0.717, 1.165) is 11.1 Å². The van der Waals surface area contributed by atoms with Crippen LogP contribution in [0.25, 0.3) is 11.3 Å². The van der Waals surface area contributed by atoms with Crippen LogP contribution in [0.2, 0.25) is 0 Å². The van der Waals surface area contributed by atoms with Crippen LogP contribution in [0.5, 0.6) is 0 Å². The number of hydrogen-bond donors (Lipinski definition) is 1. The fourth-order valence-electron chi connectivity index (χ4n) is 2.66. The van der Waals surface area contributed by atoms with Gasteiger partial charge in [-0.2, -0.15) is 0 Å². The monoisotopic (exact) mass is 316 g/mol. The Balaban J connectivity index is 1.96. The predicted molar refractivity (Wildman–Crippen MR) is 83.2 cm³/mol. The van der Waals surface area contributed by atoms with Gasteiger partial charge in [-0.3, -0.25) is 9.78 Å². The molecule has 1 aromatic carbocycles. The van der Waals surface area contributed by atoms with Gasteiger partial charge in [-0.25, -0.2) is 8.42 Å². The van der Waals surface area contributed by atoms with E-state index in [1.165, 1.54) is 6.26 Å². The van der Waals surface area contributed by atoms with E-state index in [2.05, 4.69) is 10.3 Å². The zero-order valence-corrected chi connectivity index (χ0v) is 12.9. The van der Waals surface area contributed by atoms with Gasteiger partial charge in [0.05, 0.1) is 10.6 Å². The Hall–Kier alpha value is -2.21. The minimum atomic E-state index is -3.33. The molecule has 2 heterocycles. The maximum Gasteiger partial charge on any atom is 0.220 e. The molecule has 1 amide bonds. The lowest BCUT2D eigenvalue weighted by atomic mass is 9.96. The second-order valence-electron chi connectivity index (χ2n) is 5.45. The third-order valence-electron chi connectivity index (χ3n) is 3.80. The standard InChI is InChI=1S/C16H16N2O3S/c1-22(20,21)14-3-2-8-17-16(14)12-6-4-11(5-7-12)13-9-15(19)18-10-13/h2-8,13H,9-10H2,1H3,(H,18,19). The number of carbonyl (C=O) groups is 1. The van der Waals surface area contributed by atoms with Crippen LogP contribution < -0.4 is 5.32 Å². The van der Waals surface area contributed by atoms with Crippen LogP contribution in [0.4, 0.5) is 0 Å². The molecule has 1 aliphatic rings. The van der Waals surface area contributed by atoms with Crippen molar-refractivity contribution in [1.82, 2.24) is 10.3 Å². The summed E-state index contributed by atoms with van der Waals surface area (Å²) in [6, 6.07) is 10.8. The van der Waals surface area contributed by atoms with Gasteiger partial charge in [0.15, 0.2) is 9.84 Å². The molecule has 1 saturated heterocycles. The van der Waals surface area contributed by atoms with Crippen molar-refractivity contribution in [2.45, 2.75) is 17.2 Å². The topological polar surface area (TPSA) is 76.1 Å². The Morgan fingerprint density at radius 2 is 1.91 bits per heavy atom. The molecule has 5 nitrogen and oxygen atoms in total. The molecule has 1 fully saturated rings. The largest absolute Gasteiger partial charge is 0.355 e. The van der Waals surface area contributed by atoms with Crippen LogP contribution in [0.1, 0.15) is 17.9 Å². The van der Waals surface area contributed by atoms with Crippen molar-refractivity contribution in [2.24, 2.45) is 0 Å². The Kier molecular flexibility index (Phi) is 3.70. The van der Waals surface area contributed by atoms with Crippen molar-refractivity contribution in [3.63, 3.8) is 0 Å². The summed E-state index contributed by atoms with van der Waals surface area (Å²) in [6.45, 7) is 0.649. The van der Waals surface area contributed by atoms with Gasteiger partial charge >= 0.3 is 0 Å². The number of rotatable bonds is 3. The zero-order chi connectivity index (χ0) is 15.7. The fraction of sp³-hybridized carbons (Fsp3) is 0.250. The highest BCUT2D eigenvalue weighted by atomic mass is 32.2. The molecule has 0 saturated carbocycles. The first-order valence-electron chi connectivity index (χ1n) is 6.97. The highest BCUT2D eigenvalue weighted by Crippen LogP contribution is 2.28. The first-order chi connectivity index (χ1) is 10.4. The summed E-state index contributed by atoms with van der Waals surface area (Å²) in [5.41, 5.74) is 2.28. The van der Waals surface area contributed by atoms with E-state index in [1.807, 2.05) is 24.3 Å². The zero-order valence-electron chi connectivity index (χ0n) is 12.1. The molecule has 0 aliphatic carbocycles. The van der Waals surface area contributed by atoms with Crippen molar-refractivity contribution in [1.29, 1.82) is 0 Å². The molecule has 1 atom stereocenters. The van der Waals surface area contributed by atoms with Crippen molar-refractivity contribution in [3.05, 3.63) is 48.2 Å². The minimum absolute atomic E-state index is 0.0677. The molecule has 1 aromatic heterocycles. The van der Waals surface area contributed by atoms with Gasteiger partial charge in [-0.1, -0.05) is 24.3 Å². The Bertz CT molecular complexity index is 814. The summed E-state index contributed by atoms with van der Waals surface area (Å²) in [5.74, 6) is 0.248. The summed E-state index contributed by atoms with van der Waals surface area (Å²) in [4.78, 5) is 15.7. The number of nitrogens with one attached hydrogen (secondary N) is 1. The third kappa shape index (κ3) is 2.87. The summed E-state index contributed by atoms with van der Waals surface area (Å²) < 4.78 is 23.7. The van der Waals surface area contributed by atoms with E-state index in [0.29, 0.717) is 18.7 Å². The molecule has 2 aromatic rings. The second kappa shape index (κ2) is 5.53. The number of pyridine rings is 1. The third-order valence-corrected chi connectivity index (χ3v) is 4.93. The number of nitrogens with zero attached hydrogens (tertiary/aromatic N) is 1. The molecule has 0 radical (unpaired) electrons. The Morgan fingerprint density at radius 3 is 2.50 bits per heavy atom. The molecular weight excluding hydrogens is 300 g/mol. The summed E-state index contributed by atoms with van der Waals surface area (Å²) >= 11 is 0. The SMILES string of the molecule is CS(=O)(=O)c1cccnc1-c1ccc(C2CNC(=O)C2)cc1. The number of sulfone groups is 1. The lowest BCUT2D eigenvalue weighted by molar-refractivity contribution is -0.119. The van der Waals surface area contributed by atoms with Crippen molar-refractivity contribution < 1.29 is 13.2 Å². The van der Waals surface area contributed by atoms with Gasteiger partial charge in [0, 0.05) is 36.9 Å². The van der Waals surface area contributed by atoms with Crippen molar-refractivity contribution in [3.8, 4) is 11.3 Å². The van der Waals surface area contributed by atoms with Gasteiger partial charge in [-0.05, 0) is 17.7 Å². The number of aromatic nitrogens is 1. The summed E-state index contributed by atoms with van der Waals surface area (Å²) in [7, 11) is -3.33. The second-order valence-corrected chi connectivity index (χ2v) is 7.43. The molecule has 22 heavy (non-hydrogen) atoms. The smallest absolute Gasteiger partial charge is 0.220 e. The van der Waals surface area contributed by atoms with Crippen LogP contribution in [0.3, 0.4) is 0 Å². The number of hydrogen-bond acceptors (Lipinski definition) is 4. The van der Waals surface area contributed by atoms with Crippen LogP contribution >= 0.6 is 0 Å². The van der Waals surface area contributed by atoms with Gasteiger partial charge in [-0.15, -0.1) is 0 Å². The van der Waals surface area contributed by atoms with E-state index in [-0.39, 0.29) is 16.7 Å². The molecular formula is C16H16N2O3S. The van der Waals surface area contributed by atoms with E-state index < -0.39 is 9.84 Å². The van der Waals surface area contributed by atoms with Crippen molar-refractivity contribution in [2.75, 3.05) is 12.8 Å². The minimum Gasteiger partial charge on any atom is -0.355 e. The van der Waals surface area contributed by atoms with Crippen LogP contribution in [-0.4, -0.2) is 32.1 Å².